The van der Waals surface area contributed by atoms with Crippen molar-refractivity contribution < 1.29 is 4.74 Å². The van der Waals surface area contributed by atoms with Crippen molar-refractivity contribution in [1.82, 2.24) is 24.7 Å². The molecule has 0 aliphatic carbocycles. The van der Waals surface area contributed by atoms with Crippen LogP contribution in [0.5, 0.6) is 0 Å². The van der Waals surface area contributed by atoms with Crippen LogP contribution in [0.15, 0.2) is 42.9 Å². The molecule has 7 heteroatoms. The first kappa shape index (κ1) is 17.6. The first-order chi connectivity index (χ1) is 13.1. The van der Waals surface area contributed by atoms with Crippen LogP contribution in [0, 0.1) is 0 Å². The van der Waals surface area contributed by atoms with E-state index in [-0.39, 0.29) is 0 Å². The molecule has 140 valence electrons. The van der Waals surface area contributed by atoms with E-state index in [0.29, 0.717) is 19.0 Å². The van der Waals surface area contributed by atoms with Gasteiger partial charge in [0.05, 0.1) is 19.3 Å². The normalized spacial score (nSPS) is 20.0. The molecule has 0 amide bonds. The Labute approximate surface area is 159 Å². The van der Waals surface area contributed by atoms with Crippen LogP contribution in [0.2, 0.25) is 0 Å². The summed E-state index contributed by atoms with van der Waals surface area (Å²) in [5.74, 6) is 1.58. The predicted molar refractivity (Wildman–Crippen MR) is 103 cm³/mol. The van der Waals surface area contributed by atoms with Crippen LogP contribution in [0.4, 0.5) is 5.82 Å². The molecule has 3 aromatic heterocycles. The summed E-state index contributed by atoms with van der Waals surface area (Å²) in [5, 5.41) is 4.30. The van der Waals surface area contributed by atoms with E-state index in [2.05, 4.69) is 39.9 Å². The highest BCUT2D eigenvalue weighted by Crippen LogP contribution is 2.31. The van der Waals surface area contributed by atoms with E-state index in [1.807, 2.05) is 42.3 Å². The minimum absolute atomic E-state index is 0.422. The number of aryl methyl sites for hydroxylation is 2. The first-order valence-electron chi connectivity index (χ1n) is 9.25. The van der Waals surface area contributed by atoms with Crippen molar-refractivity contribution in [2.24, 2.45) is 7.05 Å². The zero-order chi connectivity index (χ0) is 18.9. The molecule has 1 unspecified atom stereocenters. The molecule has 0 bridgehead atoms. The number of hydrogen-bond acceptors (Lipinski definition) is 6. The first-order valence-corrected chi connectivity index (χ1v) is 9.25. The van der Waals surface area contributed by atoms with Gasteiger partial charge in [-0.1, -0.05) is 13.0 Å². The highest BCUT2D eigenvalue weighted by atomic mass is 16.5. The van der Waals surface area contributed by atoms with Gasteiger partial charge in [0.2, 0.25) is 0 Å². The quantitative estimate of drug-likeness (QED) is 0.709. The van der Waals surface area contributed by atoms with Crippen molar-refractivity contribution in [3.05, 3.63) is 54.1 Å². The molecule has 0 aromatic carbocycles. The summed E-state index contributed by atoms with van der Waals surface area (Å²) in [6, 6.07) is 7.87. The molecule has 1 aliphatic heterocycles. The summed E-state index contributed by atoms with van der Waals surface area (Å²) in [5.41, 5.74) is 2.45. The number of pyridine rings is 1. The van der Waals surface area contributed by atoms with Crippen LogP contribution in [0.1, 0.15) is 25.1 Å². The Bertz CT molecular complexity index is 925. The van der Waals surface area contributed by atoms with Gasteiger partial charge in [-0.2, -0.15) is 5.10 Å². The largest absolute Gasteiger partial charge is 0.367 e. The van der Waals surface area contributed by atoms with Gasteiger partial charge in [0.1, 0.15) is 17.1 Å². The van der Waals surface area contributed by atoms with Crippen molar-refractivity contribution in [1.29, 1.82) is 0 Å². The number of morpholine rings is 1. The van der Waals surface area contributed by atoms with E-state index in [1.54, 1.807) is 6.20 Å². The number of aromatic nitrogens is 5. The Morgan fingerprint density at radius 2 is 2.15 bits per heavy atom. The maximum atomic E-state index is 6.14. The van der Waals surface area contributed by atoms with Crippen LogP contribution in [-0.4, -0.2) is 44.4 Å². The lowest BCUT2D eigenvalue weighted by Gasteiger charge is -2.40. The summed E-state index contributed by atoms with van der Waals surface area (Å²) in [6.45, 7) is 6.35. The zero-order valence-electron chi connectivity index (χ0n) is 16.0. The molecule has 0 saturated carbocycles. The highest BCUT2D eigenvalue weighted by molar-refractivity contribution is 5.54. The van der Waals surface area contributed by atoms with E-state index < -0.39 is 5.60 Å². The third-order valence-corrected chi connectivity index (χ3v) is 4.94. The van der Waals surface area contributed by atoms with Gasteiger partial charge in [0, 0.05) is 43.3 Å². The standard InChI is InChI=1S/C20H24N6O/c1-4-16-11-18(24-19(23-16)17-7-5-6-8-21-17)26-9-10-27-20(2,14-26)15-12-22-25(3)13-15/h5-8,11-13H,4,9-10,14H2,1-3H3. The number of hydrogen-bond donors (Lipinski definition) is 0. The van der Waals surface area contributed by atoms with Gasteiger partial charge in [-0.3, -0.25) is 9.67 Å². The summed E-state index contributed by atoms with van der Waals surface area (Å²) in [4.78, 5) is 16.2. The van der Waals surface area contributed by atoms with E-state index in [4.69, 9.17) is 9.72 Å². The Balaban J connectivity index is 1.68. The maximum absolute atomic E-state index is 6.14. The second-order valence-electron chi connectivity index (χ2n) is 7.01. The molecule has 0 radical (unpaired) electrons. The van der Waals surface area contributed by atoms with Gasteiger partial charge >= 0.3 is 0 Å². The third-order valence-electron chi connectivity index (χ3n) is 4.94. The molecule has 0 spiro atoms. The summed E-state index contributed by atoms with van der Waals surface area (Å²) in [6.07, 6.45) is 6.51. The molecule has 3 aromatic rings. The maximum Gasteiger partial charge on any atom is 0.180 e. The van der Waals surface area contributed by atoms with Crippen molar-refractivity contribution in [3.8, 4) is 11.5 Å². The molecule has 7 nitrogen and oxygen atoms in total. The van der Waals surface area contributed by atoms with E-state index in [0.717, 1.165) is 35.7 Å². The molecular formula is C20H24N6O. The highest BCUT2D eigenvalue weighted by Gasteiger charge is 2.35. The molecule has 4 rings (SSSR count). The van der Waals surface area contributed by atoms with E-state index in [1.165, 1.54) is 0 Å². The lowest BCUT2D eigenvalue weighted by molar-refractivity contribution is -0.0468. The SMILES string of the molecule is CCc1cc(N2CCOC(C)(c3cnn(C)c3)C2)nc(-c2ccccn2)n1. The molecule has 1 fully saturated rings. The van der Waals surface area contributed by atoms with Gasteiger partial charge in [-0.05, 0) is 25.5 Å². The molecule has 0 N–H and O–H groups in total. The van der Waals surface area contributed by atoms with Gasteiger partial charge in [-0.15, -0.1) is 0 Å². The van der Waals surface area contributed by atoms with Crippen LogP contribution in [0.3, 0.4) is 0 Å². The van der Waals surface area contributed by atoms with Crippen LogP contribution >= 0.6 is 0 Å². The topological polar surface area (TPSA) is 69.0 Å². The number of nitrogens with zero attached hydrogens (tertiary/aromatic N) is 6. The Kier molecular flexibility index (Phi) is 4.61. The molecular weight excluding hydrogens is 340 g/mol. The monoisotopic (exact) mass is 364 g/mol. The molecule has 4 heterocycles. The van der Waals surface area contributed by atoms with Crippen molar-refractivity contribution in [3.63, 3.8) is 0 Å². The van der Waals surface area contributed by atoms with Crippen molar-refractivity contribution >= 4 is 5.82 Å². The molecule has 1 atom stereocenters. The Hall–Kier alpha value is -2.80. The van der Waals surface area contributed by atoms with E-state index >= 15 is 0 Å². The second kappa shape index (κ2) is 7.08. The fourth-order valence-electron chi connectivity index (χ4n) is 3.37. The summed E-state index contributed by atoms with van der Waals surface area (Å²) < 4.78 is 7.94. The number of rotatable bonds is 4. The minimum Gasteiger partial charge on any atom is -0.367 e. The number of ether oxygens (including phenoxy) is 1. The molecule has 27 heavy (non-hydrogen) atoms. The van der Waals surface area contributed by atoms with Crippen LogP contribution in [-0.2, 0) is 23.8 Å². The summed E-state index contributed by atoms with van der Waals surface area (Å²) >= 11 is 0. The summed E-state index contributed by atoms with van der Waals surface area (Å²) in [7, 11) is 1.92. The second-order valence-corrected chi connectivity index (χ2v) is 7.01. The van der Waals surface area contributed by atoms with Gasteiger partial charge < -0.3 is 9.64 Å². The third kappa shape index (κ3) is 3.55. The van der Waals surface area contributed by atoms with Crippen LogP contribution < -0.4 is 4.90 Å². The van der Waals surface area contributed by atoms with Crippen molar-refractivity contribution in [2.75, 3.05) is 24.6 Å². The van der Waals surface area contributed by atoms with Gasteiger partial charge in [0.25, 0.3) is 0 Å². The lowest BCUT2D eigenvalue weighted by atomic mass is 9.97. The minimum atomic E-state index is -0.422. The lowest BCUT2D eigenvalue weighted by Crippen LogP contribution is -2.48. The predicted octanol–water partition coefficient (Wildman–Crippen LogP) is 2.59. The molecule has 1 saturated heterocycles. The van der Waals surface area contributed by atoms with Gasteiger partial charge in [0.15, 0.2) is 5.82 Å². The smallest absolute Gasteiger partial charge is 0.180 e. The average molecular weight is 364 g/mol. The average Bonchev–Trinajstić information content (AvgIpc) is 3.15. The van der Waals surface area contributed by atoms with Crippen LogP contribution in [0.25, 0.3) is 11.5 Å². The zero-order valence-corrected chi connectivity index (χ0v) is 16.0. The fraction of sp³-hybridized carbons (Fsp3) is 0.400. The Morgan fingerprint density at radius 1 is 1.26 bits per heavy atom. The van der Waals surface area contributed by atoms with E-state index in [9.17, 15) is 0 Å². The molecule has 1 aliphatic rings. The van der Waals surface area contributed by atoms with Gasteiger partial charge in [-0.25, -0.2) is 9.97 Å². The van der Waals surface area contributed by atoms with Crippen molar-refractivity contribution in [2.45, 2.75) is 25.9 Å². The Morgan fingerprint density at radius 3 is 2.85 bits per heavy atom. The number of anilines is 1. The fourth-order valence-corrected chi connectivity index (χ4v) is 3.37.